The number of rotatable bonds is 9. The van der Waals surface area contributed by atoms with Crippen LogP contribution in [0.5, 0.6) is 17.2 Å². The molecule has 3 aromatic rings. The Labute approximate surface area is 191 Å². The number of ether oxygens (including phenoxy) is 3. The summed E-state index contributed by atoms with van der Waals surface area (Å²) in [4.78, 5) is 12.9. The average Bonchev–Trinajstić information content (AvgIpc) is 3.41. The average molecular weight is 455 g/mol. The molecule has 1 unspecified atom stereocenters. The first kappa shape index (κ1) is 22.0. The number of nitrogens with one attached hydrogen (secondary N) is 1. The molecule has 2 heterocycles. The maximum atomic E-state index is 12.9. The number of thioether (sulfide) groups is 1. The van der Waals surface area contributed by atoms with Crippen LogP contribution in [0.15, 0.2) is 53.7 Å². The highest BCUT2D eigenvalue weighted by Gasteiger charge is 2.26. The van der Waals surface area contributed by atoms with Gasteiger partial charge in [0.15, 0.2) is 22.5 Å². The smallest absolute Gasteiger partial charge is 0.252 e. The first-order valence-corrected chi connectivity index (χ1v) is 11.4. The van der Waals surface area contributed by atoms with Crippen molar-refractivity contribution >= 4 is 17.7 Å². The number of carbonyl (C=O) groups is 1. The Balaban J connectivity index is 1.39. The Morgan fingerprint density at radius 3 is 2.72 bits per heavy atom. The second kappa shape index (κ2) is 9.95. The van der Waals surface area contributed by atoms with Gasteiger partial charge >= 0.3 is 0 Å². The van der Waals surface area contributed by atoms with E-state index >= 15 is 0 Å². The van der Waals surface area contributed by atoms with Crippen LogP contribution < -0.4 is 19.5 Å². The fourth-order valence-corrected chi connectivity index (χ4v) is 4.06. The summed E-state index contributed by atoms with van der Waals surface area (Å²) in [5, 5.41) is 12.6. The number of para-hydroxylation sites is 1. The van der Waals surface area contributed by atoms with Gasteiger partial charge in [0.25, 0.3) is 5.91 Å². The quantitative estimate of drug-likeness (QED) is 0.388. The van der Waals surface area contributed by atoms with Gasteiger partial charge in [0.05, 0.1) is 12.6 Å². The Kier molecular flexibility index (Phi) is 6.84. The molecule has 0 radical (unpaired) electrons. The molecule has 0 saturated carbocycles. The van der Waals surface area contributed by atoms with Crippen molar-refractivity contribution in [2.45, 2.75) is 25.0 Å². The van der Waals surface area contributed by atoms with Gasteiger partial charge in [0.1, 0.15) is 5.75 Å². The molecule has 0 aliphatic carbocycles. The van der Waals surface area contributed by atoms with Gasteiger partial charge in [-0.15, -0.1) is 10.2 Å². The van der Waals surface area contributed by atoms with Gasteiger partial charge in [-0.25, -0.2) is 0 Å². The summed E-state index contributed by atoms with van der Waals surface area (Å²) in [6.45, 7) is 4.82. The van der Waals surface area contributed by atoms with Crippen molar-refractivity contribution in [3.8, 4) is 17.2 Å². The summed E-state index contributed by atoms with van der Waals surface area (Å²) in [6, 6.07) is 14.6. The summed E-state index contributed by atoms with van der Waals surface area (Å²) in [6.07, 6.45) is 0. The van der Waals surface area contributed by atoms with Crippen molar-refractivity contribution in [3.05, 3.63) is 59.9 Å². The molecule has 0 spiro atoms. The Bertz CT molecular complexity index is 1070. The number of aromatic nitrogens is 3. The van der Waals surface area contributed by atoms with E-state index in [-0.39, 0.29) is 24.7 Å². The maximum Gasteiger partial charge on any atom is 0.252 e. The third-order valence-electron chi connectivity index (χ3n) is 5.06. The number of benzene rings is 2. The van der Waals surface area contributed by atoms with Crippen LogP contribution in [0.3, 0.4) is 0 Å². The van der Waals surface area contributed by atoms with Gasteiger partial charge in [0.2, 0.25) is 6.79 Å². The molecule has 1 amide bonds. The molecular weight excluding hydrogens is 428 g/mol. The highest BCUT2D eigenvalue weighted by Crippen LogP contribution is 2.33. The molecular formula is C23H26N4O4S. The lowest BCUT2D eigenvalue weighted by Gasteiger charge is -2.21. The molecule has 1 aromatic heterocycles. The third kappa shape index (κ3) is 4.99. The molecule has 1 aliphatic heterocycles. The topological polar surface area (TPSA) is 87.5 Å². The highest BCUT2D eigenvalue weighted by molar-refractivity contribution is 7.99. The van der Waals surface area contributed by atoms with Gasteiger partial charge < -0.3 is 24.1 Å². The molecule has 0 bridgehead atoms. The van der Waals surface area contributed by atoms with E-state index in [9.17, 15) is 4.79 Å². The normalized spacial score (nSPS) is 13.2. The second-order valence-corrected chi connectivity index (χ2v) is 8.74. The zero-order valence-corrected chi connectivity index (χ0v) is 19.1. The first-order valence-electron chi connectivity index (χ1n) is 10.4. The van der Waals surface area contributed by atoms with Crippen LogP contribution in [0.4, 0.5) is 0 Å². The molecule has 0 saturated heterocycles. The number of hydrogen-bond acceptors (Lipinski definition) is 7. The van der Waals surface area contributed by atoms with Crippen molar-refractivity contribution in [2.75, 3.05) is 19.2 Å². The molecule has 1 aliphatic rings. The lowest BCUT2D eigenvalue weighted by Crippen LogP contribution is -2.33. The van der Waals surface area contributed by atoms with Crippen molar-refractivity contribution < 1.29 is 19.0 Å². The van der Waals surface area contributed by atoms with Crippen molar-refractivity contribution in [3.63, 3.8) is 0 Å². The predicted molar refractivity (Wildman–Crippen MR) is 121 cm³/mol. The number of amides is 1. The lowest BCUT2D eigenvalue weighted by molar-refractivity contribution is 0.0921. The zero-order valence-electron chi connectivity index (χ0n) is 18.3. The van der Waals surface area contributed by atoms with Crippen molar-refractivity contribution in [1.82, 2.24) is 20.1 Å². The van der Waals surface area contributed by atoms with E-state index in [0.717, 1.165) is 16.7 Å². The first-order chi connectivity index (χ1) is 15.5. The summed E-state index contributed by atoms with van der Waals surface area (Å²) in [7, 11) is 1.91. The SMILES string of the molecule is CC(C)C(NC(=O)c1ccc2c(c1)OCO2)c1nnc(SCCOc2ccccc2)n1C. The zero-order chi connectivity index (χ0) is 22.5. The Morgan fingerprint density at radius 1 is 1.16 bits per heavy atom. The minimum atomic E-state index is -0.291. The van der Waals surface area contributed by atoms with E-state index in [1.807, 2.05) is 55.8 Å². The van der Waals surface area contributed by atoms with E-state index in [4.69, 9.17) is 14.2 Å². The number of nitrogens with zero attached hydrogens (tertiary/aromatic N) is 3. The van der Waals surface area contributed by atoms with Gasteiger partial charge in [-0.3, -0.25) is 4.79 Å². The van der Waals surface area contributed by atoms with Crippen LogP contribution in [0.1, 0.15) is 36.1 Å². The summed E-state index contributed by atoms with van der Waals surface area (Å²) < 4.78 is 18.4. The second-order valence-electron chi connectivity index (χ2n) is 7.67. The fourth-order valence-electron chi connectivity index (χ4n) is 3.32. The molecule has 168 valence electrons. The monoisotopic (exact) mass is 454 g/mol. The van der Waals surface area contributed by atoms with Gasteiger partial charge in [-0.2, -0.15) is 0 Å². The summed E-state index contributed by atoms with van der Waals surface area (Å²) >= 11 is 1.57. The molecule has 32 heavy (non-hydrogen) atoms. The number of fused-ring (bicyclic) bond motifs is 1. The number of carbonyl (C=O) groups excluding carboxylic acids is 1. The van der Waals surface area contributed by atoms with Crippen LogP contribution in [0.2, 0.25) is 0 Å². The minimum absolute atomic E-state index is 0.120. The largest absolute Gasteiger partial charge is 0.493 e. The van der Waals surface area contributed by atoms with Crippen LogP contribution in [0, 0.1) is 5.92 Å². The van der Waals surface area contributed by atoms with E-state index in [2.05, 4.69) is 15.5 Å². The van der Waals surface area contributed by atoms with E-state index < -0.39 is 0 Å². The lowest BCUT2D eigenvalue weighted by atomic mass is 10.0. The highest BCUT2D eigenvalue weighted by atomic mass is 32.2. The molecule has 4 rings (SSSR count). The van der Waals surface area contributed by atoms with E-state index in [1.54, 1.807) is 30.0 Å². The van der Waals surface area contributed by atoms with Gasteiger partial charge in [-0.05, 0) is 36.2 Å². The molecule has 1 N–H and O–H groups in total. The molecule has 9 heteroatoms. The minimum Gasteiger partial charge on any atom is -0.493 e. The predicted octanol–water partition coefficient (Wildman–Crippen LogP) is 3.84. The Morgan fingerprint density at radius 2 is 1.94 bits per heavy atom. The molecule has 1 atom stereocenters. The Hall–Kier alpha value is -3.20. The van der Waals surface area contributed by atoms with Gasteiger partial charge in [-0.1, -0.05) is 43.8 Å². The molecule has 8 nitrogen and oxygen atoms in total. The van der Waals surface area contributed by atoms with Crippen LogP contribution in [-0.4, -0.2) is 39.8 Å². The van der Waals surface area contributed by atoms with E-state index in [1.165, 1.54) is 0 Å². The maximum absolute atomic E-state index is 12.9. The molecule has 0 fully saturated rings. The summed E-state index contributed by atoms with van der Waals surface area (Å²) in [5.41, 5.74) is 0.509. The van der Waals surface area contributed by atoms with Crippen molar-refractivity contribution in [1.29, 1.82) is 0 Å². The van der Waals surface area contributed by atoms with Gasteiger partial charge in [0, 0.05) is 18.4 Å². The number of hydrogen-bond donors (Lipinski definition) is 1. The fraction of sp³-hybridized carbons (Fsp3) is 0.348. The van der Waals surface area contributed by atoms with Crippen LogP contribution >= 0.6 is 11.8 Å². The molecule has 2 aromatic carbocycles. The van der Waals surface area contributed by atoms with E-state index in [0.29, 0.717) is 29.5 Å². The standard InChI is InChI=1S/C23H26N4O4S/c1-15(2)20(24-22(28)16-9-10-18-19(13-16)31-14-30-18)21-25-26-23(27(21)3)32-12-11-29-17-7-5-4-6-8-17/h4-10,13,15,20H,11-12,14H2,1-3H3,(H,24,28). The van der Waals surface area contributed by atoms with Crippen LogP contribution in [-0.2, 0) is 7.05 Å². The van der Waals surface area contributed by atoms with Crippen molar-refractivity contribution in [2.24, 2.45) is 13.0 Å². The van der Waals surface area contributed by atoms with Crippen LogP contribution in [0.25, 0.3) is 0 Å². The summed E-state index contributed by atoms with van der Waals surface area (Å²) in [5.74, 6) is 3.43. The third-order valence-corrected chi connectivity index (χ3v) is 6.05.